The Morgan fingerprint density at radius 2 is 2.05 bits per heavy atom. The summed E-state index contributed by atoms with van der Waals surface area (Å²) in [6, 6.07) is 12.0. The zero-order valence-electron chi connectivity index (χ0n) is 11.3. The quantitative estimate of drug-likeness (QED) is 0.636. The monoisotopic (exact) mass is 257 g/mol. The second kappa shape index (κ2) is 6.31. The maximum absolute atomic E-state index is 5.69. The topological polar surface area (TPSA) is 60.2 Å². The zero-order chi connectivity index (χ0) is 13.7. The van der Waals surface area contributed by atoms with Gasteiger partial charge in [0.1, 0.15) is 5.75 Å². The lowest BCUT2D eigenvalue weighted by molar-refractivity contribution is 0.405. The molecule has 1 atom stereocenters. The van der Waals surface area contributed by atoms with Gasteiger partial charge in [-0.3, -0.25) is 16.3 Å². The highest BCUT2D eigenvalue weighted by Crippen LogP contribution is 2.25. The van der Waals surface area contributed by atoms with Crippen LogP contribution in [0.3, 0.4) is 0 Å². The minimum Gasteiger partial charge on any atom is -0.496 e. The third kappa shape index (κ3) is 3.10. The van der Waals surface area contributed by atoms with Crippen LogP contribution in [0.5, 0.6) is 5.75 Å². The van der Waals surface area contributed by atoms with Crippen LogP contribution in [0.25, 0.3) is 0 Å². The van der Waals surface area contributed by atoms with Crippen LogP contribution in [0, 0.1) is 6.92 Å². The van der Waals surface area contributed by atoms with Gasteiger partial charge in [0.05, 0.1) is 13.2 Å². The molecule has 100 valence electrons. The number of para-hydroxylation sites is 1. The van der Waals surface area contributed by atoms with Crippen molar-refractivity contribution in [2.45, 2.75) is 19.4 Å². The van der Waals surface area contributed by atoms with Crippen LogP contribution < -0.4 is 16.0 Å². The Bertz CT molecular complexity index is 542. The SMILES string of the molecule is COc1ccccc1CC(NN)c1cccnc1C. The number of benzene rings is 1. The highest BCUT2D eigenvalue weighted by atomic mass is 16.5. The molecule has 0 bridgehead atoms. The second-order valence-electron chi connectivity index (χ2n) is 4.41. The second-order valence-corrected chi connectivity index (χ2v) is 4.41. The van der Waals surface area contributed by atoms with Gasteiger partial charge in [0.2, 0.25) is 0 Å². The number of rotatable bonds is 5. The third-order valence-electron chi connectivity index (χ3n) is 3.24. The zero-order valence-corrected chi connectivity index (χ0v) is 11.3. The molecule has 0 fully saturated rings. The van der Waals surface area contributed by atoms with E-state index in [2.05, 4.69) is 16.5 Å². The number of nitrogens with one attached hydrogen (secondary N) is 1. The van der Waals surface area contributed by atoms with Gasteiger partial charge in [0.15, 0.2) is 0 Å². The minimum atomic E-state index is 0.0185. The lowest BCUT2D eigenvalue weighted by Crippen LogP contribution is -2.30. The summed E-state index contributed by atoms with van der Waals surface area (Å²) in [5.74, 6) is 6.57. The molecule has 0 aliphatic carbocycles. The molecule has 0 saturated carbocycles. The molecule has 1 aromatic carbocycles. The number of hydrogen-bond acceptors (Lipinski definition) is 4. The van der Waals surface area contributed by atoms with Crippen molar-refractivity contribution in [2.24, 2.45) is 5.84 Å². The fourth-order valence-electron chi connectivity index (χ4n) is 2.22. The number of nitrogens with zero attached hydrogens (tertiary/aromatic N) is 1. The molecule has 3 N–H and O–H groups in total. The van der Waals surface area contributed by atoms with Crippen molar-refractivity contribution in [1.29, 1.82) is 0 Å². The van der Waals surface area contributed by atoms with E-state index in [9.17, 15) is 0 Å². The van der Waals surface area contributed by atoms with Gasteiger partial charge in [-0.2, -0.15) is 0 Å². The molecule has 4 nitrogen and oxygen atoms in total. The van der Waals surface area contributed by atoms with E-state index < -0.39 is 0 Å². The standard InChI is InChI=1S/C15H19N3O/c1-11-13(7-5-9-17-11)14(18-16)10-12-6-3-4-8-15(12)19-2/h3-9,14,18H,10,16H2,1-2H3. The van der Waals surface area contributed by atoms with Gasteiger partial charge in [-0.25, -0.2) is 0 Å². The number of pyridine rings is 1. The first-order valence-corrected chi connectivity index (χ1v) is 6.25. The van der Waals surface area contributed by atoms with Crippen molar-refractivity contribution in [3.8, 4) is 5.75 Å². The number of methoxy groups -OCH3 is 1. The lowest BCUT2D eigenvalue weighted by atomic mass is 9.98. The predicted octanol–water partition coefficient (Wildman–Crippen LogP) is 2.15. The van der Waals surface area contributed by atoms with E-state index in [4.69, 9.17) is 10.6 Å². The highest BCUT2D eigenvalue weighted by molar-refractivity contribution is 5.35. The molecular weight excluding hydrogens is 238 g/mol. The van der Waals surface area contributed by atoms with Gasteiger partial charge in [-0.05, 0) is 36.6 Å². The van der Waals surface area contributed by atoms with Gasteiger partial charge in [0, 0.05) is 11.9 Å². The highest BCUT2D eigenvalue weighted by Gasteiger charge is 2.15. The molecular formula is C15H19N3O. The first-order valence-electron chi connectivity index (χ1n) is 6.25. The average molecular weight is 257 g/mol. The molecule has 0 aliphatic rings. The molecule has 0 spiro atoms. The first-order chi connectivity index (χ1) is 9.26. The number of aryl methyl sites for hydroxylation is 1. The van der Waals surface area contributed by atoms with E-state index >= 15 is 0 Å². The lowest BCUT2D eigenvalue weighted by Gasteiger charge is -2.19. The Kier molecular flexibility index (Phi) is 4.49. The third-order valence-corrected chi connectivity index (χ3v) is 3.24. The van der Waals surface area contributed by atoms with E-state index in [-0.39, 0.29) is 6.04 Å². The Balaban J connectivity index is 2.27. The Hall–Kier alpha value is -1.91. The molecule has 1 aromatic heterocycles. The van der Waals surface area contributed by atoms with E-state index in [1.165, 1.54) is 0 Å². The van der Waals surface area contributed by atoms with E-state index in [1.807, 2.05) is 37.3 Å². The first kappa shape index (κ1) is 13.5. The molecule has 1 unspecified atom stereocenters. The Labute approximate surface area is 113 Å². The molecule has 2 rings (SSSR count). The van der Waals surface area contributed by atoms with Crippen molar-refractivity contribution in [1.82, 2.24) is 10.4 Å². The van der Waals surface area contributed by atoms with Crippen LogP contribution in [0.15, 0.2) is 42.6 Å². The van der Waals surface area contributed by atoms with Crippen LogP contribution in [-0.2, 0) is 6.42 Å². The van der Waals surface area contributed by atoms with Crippen LogP contribution in [0.4, 0.5) is 0 Å². The molecule has 4 heteroatoms. The van der Waals surface area contributed by atoms with Crippen molar-refractivity contribution in [3.63, 3.8) is 0 Å². The van der Waals surface area contributed by atoms with E-state index in [0.717, 1.165) is 29.0 Å². The Morgan fingerprint density at radius 3 is 2.74 bits per heavy atom. The van der Waals surface area contributed by atoms with E-state index in [0.29, 0.717) is 0 Å². The largest absolute Gasteiger partial charge is 0.496 e. The fourth-order valence-corrected chi connectivity index (χ4v) is 2.22. The van der Waals surface area contributed by atoms with Crippen LogP contribution >= 0.6 is 0 Å². The van der Waals surface area contributed by atoms with Crippen LogP contribution in [0.1, 0.15) is 22.9 Å². The molecule has 0 saturated heterocycles. The summed E-state index contributed by atoms with van der Waals surface area (Å²) in [7, 11) is 1.68. The number of hydrogen-bond donors (Lipinski definition) is 2. The molecule has 0 radical (unpaired) electrons. The van der Waals surface area contributed by atoms with Crippen molar-refractivity contribution >= 4 is 0 Å². The summed E-state index contributed by atoms with van der Waals surface area (Å²) < 4.78 is 5.37. The van der Waals surface area contributed by atoms with Crippen molar-refractivity contribution in [2.75, 3.05) is 7.11 Å². The normalized spacial score (nSPS) is 12.2. The van der Waals surface area contributed by atoms with Crippen molar-refractivity contribution < 1.29 is 4.74 Å². The minimum absolute atomic E-state index is 0.0185. The van der Waals surface area contributed by atoms with Gasteiger partial charge in [-0.1, -0.05) is 24.3 Å². The summed E-state index contributed by atoms with van der Waals surface area (Å²) in [5.41, 5.74) is 6.08. The molecule has 0 amide bonds. The van der Waals surface area contributed by atoms with Gasteiger partial charge in [0.25, 0.3) is 0 Å². The summed E-state index contributed by atoms with van der Waals surface area (Å²) in [4.78, 5) is 4.31. The van der Waals surface area contributed by atoms with Gasteiger partial charge >= 0.3 is 0 Å². The van der Waals surface area contributed by atoms with Crippen molar-refractivity contribution in [3.05, 3.63) is 59.4 Å². The van der Waals surface area contributed by atoms with Crippen LogP contribution in [-0.4, -0.2) is 12.1 Å². The Morgan fingerprint density at radius 1 is 1.26 bits per heavy atom. The number of hydrazine groups is 1. The smallest absolute Gasteiger partial charge is 0.122 e. The molecule has 0 aliphatic heterocycles. The van der Waals surface area contributed by atoms with Gasteiger partial charge in [-0.15, -0.1) is 0 Å². The van der Waals surface area contributed by atoms with Crippen LogP contribution in [0.2, 0.25) is 0 Å². The summed E-state index contributed by atoms with van der Waals surface area (Å²) in [6.07, 6.45) is 2.54. The molecule has 19 heavy (non-hydrogen) atoms. The molecule has 2 aromatic rings. The number of aromatic nitrogens is 1. The summed E-state index contributed by atoms with van der Waals surface area (Å²) in [6.45, 7) is 1.99. The number of ether oxygens (including phenoxy) is 1. The fraction of sp³-hybridized carbons (Fsp3) is 0.267. The molecule has 1 heterocycles. The summed E-state index contributed by atoms with van der Waals surface area (Å²) in [5, 5.41) is 0. The maximum atomic E-state index is 5.69. The average Bonchev–Trinajstić information content (AvgIpc) is 2.46. The number of nitrogens with two attached hydrogens (primary N) is 1. The summed E-state index contributed by atoms with van der Waals surface area (Å²) >= 11 is 0. The van der Waals surface area contributed by atoms with E-state index in [1.54, 1.807) is 13.3 Å². The predicted molar refractivity (Wildman–Crippen MR) is 75.7 cm³/mol. The maximum Gasteiger partial charge on any atom is 0.122 e. The van der Waals surface area contributed by atoms with Gasteiger partial charge < -0.3 is 4.74 Å².